The summed E-state index contributed by atoms with van der Waals surface area (Å²) in [6, 6.07) is 7.62. The van der Waals surface area contributed by atoms with Crippen LogP contribution >= 0.6 is 0 Å². The molecule has 0 unspecified atom stereocenters. The van der Waals surface area contributed by atoms with E-state index in [-0.39, 0.29) is 17.2 Å². The van der Waals surface area contributed by atoms with Gasteiger partial charge >= 0.3 is 6.18 Å². The molecule has 0 aliphatic rings. The van der Waals surface area contributed by atoms with Gasteiger partial charge in [0.1, 0.15) is 11.6 Å². The Bertz CT molecular complexity index is 720. The van der Waals surface area contributed by atoms with Gasteiger partial charge in [0.15, 0.2) is 5.75 Å². The lowest BCUT2D eigenvalue weighted by atomic mass is 10.1. The van der Waals surface area contributed by atoms with Crippen molar-refractivity contribution < 1.29 is 22.3 Å². The van der Waals surface area contributed by atoms with Crippen molar-refractivity contribution in [3.05, 3.63) is 53.3 Å². The number of nitrogens with two attached hydrogens (primary N) is 1. The Morgan fingerprint density at radius 2 is 1.81 bits per heavy atom. The SMILES string of the molecule is N#Cc1ccc(Oc2ccc(F)cc2N)cc1C(F)(F)F. The largest absolute Gasteiger partial charge is 0.455 e. The van der Waals surface area contributed by atoms with Crippen molar-refractivity contribution in [3.63, 3.8) is 0 Å². The standard InChI is InChI=1S/C14H8F4N2O/c15-9-2-4-13(12(20)5-9)21-10-3-1-8(7-19)11(6-10)14(16,17)18/h1-6H,20H2. The van der Waals surface area contributed by atoms with E-state index < -0.39 is 23.1 Å². The highest BCUT2D eigenvalue weighted by molar-refractivity contribution is 5.54. The average Bonchev–Trinajstić information content (AvgIpc) is 2.41. The number of hydrogen-bond acceptors (Lipinski definition) is 3. The number of nitriles is 1. The summed E-state index contributed by atoms with van der Waals surface area (Å²) in [6.45, 7) is 0. The van der Waals surface area contributed by atoms with Gasteiger partial charge in [0, 0.05) is 6.07 Å². The molecule has 0 aromatic heterocycles. The molecule has 0 fully saturated rings. The van der Waals surface area contributed by atoms with E-state index >= 15 is 0 Å². The second-order valence-corrected chi connectivity index (χ2v) is 4.10. The second-order valence-electron chi connectivity index (χ2n) is 4.10. The molecular formula is C14H8F4N2O. The molecule has 0 amide bonds. The Balaban J connectivity index is 2.40. The fourth-order valence-electron chi connectivity index (χ4n) is 1.66. The van der Waals surface area contributed by atoms with Crippen LogP contribution in [-0.4, -0.2) is 0 Å². The van der Waals surface area contributed by atoms with Gasteiger partial charge in [-0.2, -0.15) is 18.4 Å². The summed E-state index contributed by atoms with van der Waals surface area (Å²) in [6.07, 6.45) is -4.68. The van der Waals surface area contributed by atoms with Crippen LogP contribution in [0.1, 0.15) is 11.1 Å². The maximum atomic E-state index is 12.9. The zero-order valence-electron chi connectivity index (χ0n) is 10.4. The minimum Gasteiger partial charge on any atom is -0.455 e. The molecule has 108 valence electrons. The lowest BCUT2D eigenvalue weighted by Gasteiger charge is -2.12. The Hall–Kier alpha value is -2.75. The van der Waals surface area contributed by atoms with Crippen LogP contribution in [-0.2, 0) is 6.18 Å². The Kier molecular flexibility index (Phi) is 3.72. The van der Waals surface area contributed by atoms with E-state index in [9.17, 15) is 17.6 Å². The maximum absolute atomic E-state index is 12.9. The van der Waals surface area contributed by atoms with E-state index in [0.29, 0.717) is 6.07 Å². The minimum absolute atomic E-state index is 0.0224. The highest BCUT2D eigenvalue weighted by Gasteiger charge is 2.34. The second kappa shape index (κ2) is 5.32. The first kappa shape index (κ1) is 14.7. The van der Waals surface area contributed by atoms with Crippen molar-refractivity contribution in [2.24, 2.45) is 0 Å². The predicted molar refractivity (Wildman–Crippen MR) is 67.0 cm³/mol. The predicted octanol–water partition coefficient (Wildman–Crippen LogP) is 4.09. The maximum Gasteiger partial charge on any atom is 0.417 e. The van der Waals surface area contributed by atoms with Gasteiger partial charge in [-0.15, -0.1) is 0 Å². The topological polar surface area (TPSA) is 59.0 Å². The molecule has 2 N–H and O–H groups in total. The summed E-state index contributed by atoms with van der Waals surface area (Å²) in [5.41, 5.74) is 3.84. The van der Waals surface area contributed by atoms with Gasteiger partial charge in [-0.1, -0.05) is 0 Å². The third-order valence-electron chi connectivity index (χ3n) is 2.62. The molecule has 0 saturated carbocycles. The van der Waals surface area contributed by atoms with Gasteiger partial charge < -0.3 is 10.5 Å². The lowest BCUT2D eigenvalue weighted by Crippen LogP contribution is -2.08. The van der Waals surface area contributed by atoms with Crippen LogP contribution in [0.2, 0.25) is 0 Å². The average molecular weight is 296 g/mol. The highest BCUT2D eigenvalue weighted by Crippen LogP contribution is 2.36. The van der Waals surface area contributed by atoms with Gasteiger partial charge in [-0.25, -0.2) is 4.39 Å². The number of nitrogen functional groups attached to an aromatic ring is 1. The fraction of sp³-hybridized carbons (Fsp3) is 0.0714. The first-order chi connectivity index (χ1) is 9.81. The number of benzene rings is 2. The van der Waals surface area contributed by atoms with Crippen molar-refractivity contribution in [1.29, 1.82) is 5.26 Å². The van der Waals surface area contributed by atoms with Crippen LogP contribution in [0.5, 0.6) is 11.5 Å². The van der Waals surface area contributed by atoms with Crippen LogP contribution in [0.25, 0.3) is 0 Å². The van der Waals surface area contributed by atoms with Gasteiger partial charge in [0.05, 0.1) is 22.9 Å². The number of anilines is 1. The number of rotatable bonds is 2. The van der Waals surface area contributed by atoms with E-state index in [0.717, 1.165) is 18.2 Å². The smallest absolute Gasteiger partial charge is 0.417 e. The molecule has 0 aliphatic heterocycles. The number of halogens is 4. The molecule has 3 nitrogen and oxygen atoms in total. The summed E-state index contributed by atoms with van der Waals surface area (Å²) >= 11 is 0. The van der Waals surface area contributed by atoms with Crippen LogP contribution in [0.4, 0.5) is 23.2 Å². The monoisotopic (exact) mass is 296 g/mol. The summed E-state index contributed by atoms with van der Waals surface area (Å²) in [7, 11) is 0. The van der Waals surface area contributed by atoms with Gasteiger partial charge in [0.25, 0.3) is 0 Å². The third kappa shape index (κ3) is 3.23. The molecule has 0 saturated heterocycles. The first-order valence-electron chi connectivity index (χ1n) is 5.65. The molecule has 0 aliphatic carbocycles. The van der Waals surface area contributed by atoms with Crippen LogP contribution < -0.4 is 10.5 Å². The van der Waals surface area contributed by atoms with Gasteiger partial charge in [-0.05, 0) is 30.3 Å². The number of hydrogen-bond donors (Lipinski definition) is 1. The van der Waals surface area contributed by atoms with Gasteiger partial charge in [-0.3, -0.25) is 0 Å². The molecule has 2 rings (SSSR count). The first-order valence-corrected chi connectivity index (χ1v) is 5.65. The van der Waals surface area contributed by atoms with E-state index in [1.54, 1.807) is 0 Å². The summed E-state index contributed by atoms with van der Waals surface area (Å²) in [5.74, 6) is -0.718. The van der Waals surface area contributed by atoms with E-state index in [2.05, 4.69) is 0 Å². The zero-order valence-corrected chi connectivity index (χ0v) is 10.4. The van der Waals surface area contributed by atoms with Crippen molar-refractivity contribution in [1.82, 2.24) is 0 Å². The fourth-order valence-corrected chi connectivity index (χ4v) is 1.66. The summed E-state index contributed by atoms with van der Waals surface area (Å²) < 4.78 is 56.5. The van der Waals surface area contributed by atoms with Crippen LogP contribution in [0, 0.1) is 17.1 Å². The lowest BCUT2D eigenvalue weighted by molar-refractivity contribution is -0.137. The molecule has 0 radical (unpaired) electrons. The van der Waals surface area contributed by atoms with Crippen LogP contribution in [0.3, 0.4) is 0 Å². The zero-order chi connectivity index (χ0) is 15.6. The van der Waals surface area contributed by atoms with Crippen LogP contribution in [0.15, 0.2) is 36.4 Å². The summed E-state index contributed by atoms with van der Waals surface area (Å²) in [4.78, 5) is 0. The molecule has 2 aromatic carbocycles. The molecule has 7 heteroatoms. The Labute approximate surface area is 117 Å². The van der Waals surface area contributed by atoms with E-state index in [1.165, 1.54) is 18.2 Å². The third-order valence-corrected chi connectivity index (χ3v) is 2.62. The van der Waals surface area contributed by atoms with E-state index in [4.69, 9.17) is 15.7 Å². The van der Waals surface area contributed by atoms with Crippen molar-refractivity contribution in [3.8, 4) is 17.6 Å². The minimum atomic E-state index is -4.68. The number of nitrogens with zero attached hydrogens (tertiary/aromatic N) is 1. The highest BCUT2D eigenvalue weighted by atomic mass is 19.4. The quantitative estimate of drug-likeness (QED) is 0.670. The number of ether oxygens (including phenoxy) is 1. The molecule has 0 spiro atoms. The van der Waals surface area contributed by atoms with Crippen molar-refractivity contribution >= 4 is 5.69 Å². The molecule has 21 heavy (non-hydrogen) atoms. The van der Waals surface area contributed by atoms with Gasteiger partial charge in [0.2, 0.25) is 0 Å². The van der Waals surface area contributed by atoms with Crippen molar-refractivity contribution in [2.45, 2.75) is 6.18 Å². The Morgan fingerprint density at radius 1 is 1.10 bits per heavy atom. The van der Waals surface area contributed by atoms with E-state index in [1.807, 2.05) is 0 Å². The molecular weight excluding hydrogens is 288 g/mol. The summed E-state index contributed by atoms with van der Waals surface area (Å²) in [5, 5.41) is 8.68. The number of alkyl halides is 3. The normalized spacial score (nSPS) is 11.0. The molecule has 2 aromatic rings. The molecule has 0 bridgehead atoms. The molecule has 0 heterocycles. The Morgan fingerprint density at radius 3 is 2.38 bits per heavy atom. The molecule has 0 atom stereocenters. The van der Waals surface area contributed by atoms with Crippen molar-refractivity contribution in [2.75, 3.05) is 5.73 Å².